The van der Waals surface area contributed by atoms with Crippen molar-refractivity contribution in [3.05, 3.63) is 76.3 Å². The van der Waals surface area contributed by atoms with Crippen LogP contribution in [0.15, 0.2) is 48.5 Å². The molecule has 1 aliphatic carbocycles. The molecule has 0 saturated heterocycles. The van der Waals surface area contributed by atoms with E-state index in [-0.39, 0.29) is 22.9 Å². The smallest absolute Gasteiger partial charge is 0.195 e. The van der Waals surface area contributed by atoms with Crippen LogP contribution >= 0.6 is 0 Å². The number of carbonyl (C=O) groups is 2. The highest BCUT2D eigenvalue weighted by Crippen LogP contribution is 2.37. The van der Waals surface area contributed by atoms with Gasteiger partial charge in [0.15, 0.2) is 11.6 Å². The maximum absolute atomic E-state index is 12.8. The van der Waals surface area contributed by atoms with Gasteiger partial charge in [0, 0.05) is 27.6 Å². The summed E-state index contributed by atoms with van der Waals surface area (Å²) in [6, 6.07) is 13.7. The first-order valence-corrected chi connectivity index (χ1v) is 7.02. The van der Waals surface area contributed by atoms with Crippen LogP contribution in [0.1, 0.15) is 37.4 Å². The van der Waals surface area contributed by atoms with Gasteiger partial charge in [-0.25, -0.2) is 0 Å². The zero-order chi connectivity index (χ0) is 15.4. The maximum Gasteiger partial charge on any atom is 0.195 e. The van der Waals surface area contributed by atoms with E-state index < -0.39 is 0 Å². The number of carbonyl (C=O) groups excluding carboxylic acids is 2. The number of rotatable bonds is 0. The third-order valence-electron chi connectivity index (χ3n) is 4.16. The molecule has 0 radical (unpaired) electrons. The first-order chi connectivity index (χ1) is 10.6. The van der Waals surface area contributed by atoms with E-state index in [1.165, 1.54) is 6.07 Å². The lowest BCUT2D eigenvalue weighted by Gasteiger charge is -2.19. The minimum absolute atomic E-state index is 0.0259. The lowest BCUT2D eigenvalue weighted by molar-refractivity contribution is 0.0980. The Labute approximate surface area is 126 Å². The SMILES string of the molecule is Cc1ccc2c3c(cc(O)c2c1)C(=O)c1ccccc1C3=O. The quantitative estimate of drug-likeness (QED) is 0.537. The van der Waals surface area contributed by atoms with Crippen molar-refractivity contribution < 1.29 is 14.7 Å². The summed E-state index contributed by atoms with van der Waals surface area (Å²) in [7, 11) is 0. The first kappa shape index (κ1) is 12.8. The highest BCUT2D eigenvalue weighted by Gasteiger charge is 2.31. The second-order valence-corrected chi connectivity index (χ2v) is 5.57. The van der Waals surface area contributed by atoms with Crippen molar-refractivity contribution in [2.24, 2.45) is 0 Å². The minimum atomic E-state index is -0.219. The van der Waals surface area contributed by atoms with Crippen LogP contribution in [0.3, 0.4) is 0 Å². The fourth-order valence-electron chi connectivity index (χ4n) is 3.10. The highest BCUT2D eigenvalue weighted by atomic mass is 16.3. The third-order valence-corrected chi connectivity index (χ3v) is 4.16. The molecular formula is C19H12O3. The van der Waals surface area contributed by atoms with E-state index in [0.29, 0.717) is 27.5 Å². The van der Waals surface area contributed by atoms with E-state index in [9.17, 15) is 14.7 Å². The molecule has 3 aromatic carbocycles. The Bertz CT molecular complexity index is 983. The molecule has 106 valence electrons. The Hall–Kier alpha value is -2.94. The number of ketones is 2. The van der Waals surface area contributed by atoms with Crippen molar-refractivity contribution in [2.45, 2.75) is 6.92 Å². The standard InChI is InChI=1S/C19H12O3/c1-10-6-7-11-14(8-10)16(20)9-15-17(11)19(22)13-5-3-2-4-12(13)18(15)21/h2-9,20H,1H3. The van der Waals surface area contributed by atoms with Gasteiger partial charge in [-0.05, 0) is 24.4 Å². The average molecular weight is 288 g/mol. The van der Waals surface area contributed by atoms with Gasteiger partial charge in [-0.2, -0.15) is 0 Å². The van der Waals surface area contributed by atoms with Gasteiger partial charge in [-0.1, -0.05) is 42.0 Å². The van der Waals surface area contributed by atoms with Gasteiger partial charge in [-0.15, -0.1) is 0 Å². The summed E-state index contributed by atoms with van der Waals surface area (Å²) < 4.78 is 0. The molecule has 0 aliphatic heterocycles. The summed E-state index contributed by atoms with van der Waals surface area (Å²) >= 11 is 0. The topological polar surface area (TPSA) is 54.4 Å². The van der Waals surface area contributed by atoms with Gasteiger partial charge < -0.3 is 5.11 Å². The molecule has 0 spiro atoms. The molecule has 0 fully saturated rings. The molecular weight excluding hydrogens is 276 g/mol. The van der Waals surface area contributed by atoms with Crippen LogP contribution in [0.4, 0.5) is 0 Å². The molecule has 1 aliphatic rings. The Balaban J connectivity index is 2.15. The number of fused-ring (bicyclic) bond motifs is 4. The average Bonchev–Trinajstić information content (AvgIpc) is 2.53. The van der Waals surface area contributed by atoms with E-state index in [0.717, 1.165) is 5.56 Å². The van der Waals surface area contributed by atoms with Crippen LogP contribution in [0.5, 0.6) is 5.75 Å². The lowest BCUT2D eigenvalue weighted by Crippen LogP contribution is -2.21. The number of aromatic hydroxyl groups is 1. The Morgan fingerprint density at radius 1 is 0.773 bits per heavy atom. The normalized spacial score (nSPS) is 13.1. The van der Waals surface area contributed by atoms with E-state index in [1.54, 1.807) is 30.3 Å². The van der Waals surface area contributed by atoms with Crippen molar-refractivity contribution in [1.82, 2.24) is 0 Å². The fourth-order valence-corrected chi connectivity index (χ4v) is 3.10. The van der Waals surface area contributed by atoms with Crippen molar-refractivity contribution in [1.29, 1.82) is 0 Å². The zero-order valence-electron chi connectivity index (χ0n) is 11.9. The molecule has 0 atom stereocenters. The summed E-state index contributed by atoms with van der Waals surface area (Å²) in [5.41, 5.74) is 2.46. The van der Waals surface area contributed by atoms with Gasteiger partial charge in [0.05, 0.1) is 0 Å². The first-order valence-electron chi connectivity index (χ1n) is 7.02. The van der Waals surface area contributed by atoms with E-state index in [4.69, 9.17) is 0 Å². The molecule has 3 nitrogen and oxygen atoms in total. The van der Waals surface area contributed by atoms with Crippen LogP contribution < -0.4 is 0 Å². The number of phenols is 1. The third kappa shape index (κ3) is 1.56. The van der Waals surface area contributed by atoms with Crippen molar-refractivity contribution >= 4 is 22.3 Å². The number of hydrogen-bond donors (Lipinski definition) is 1. The van der Waals surface area contributed by atoms with E-state index >= 15 is 0 Å². The number of phenolic OH excluding ortho intramolecular Hbond substituents is 1. The molecule has 0 amide bonds. The Kier molecular flexibility index (Phi) is 2.48. The van der Waals surface area contributed by atoms with Crippen molar-refractivity contribution in [3.63, 3.8) is 0 Å². The monoisotopic (exact) mass is 288 g/mol. The summed E-state index contributed by atoms with van der Waals surface area (Å²) in [5.74, 6) is -0.361. The van der Waals surface area contributed by atoms with Crippen LogP contribution in [-0.2, 0) is 0 Å². The van der Waals surface area contributed by atoms with Crippen LogP contribution in [-0.4, -0.2) is 16.7 Å². The molecule has 1 N–H and O–H groups in total. The van der Waals surface area contributed by atoms with Crippen LogP contribution in [0.2, 0.25) is 0 Å². The predicted molar refractivity (Wildman–Crippen MR) is 83.7 cm³/mol. The number of hydrogen-bond acceptors (Lipinski definition) is 3. The summed E-state index contributed by atoms with van der Waals surface area (Å²) in [4.78, 5) is 25.5. The highest BCUT2D eigenvalue weighted by molar-refractivity contribution is 6.32. The largest absolute Gasteiger partial charge is 0.507 e. The number of benzene rings is 3. The second-order valence-electron chi connectivity index (χ2n) is 5.57. The van der Waals surface area contributed by atoms with E-state index in [2.05, 4.69) is 0 Å². The number of aryl methyl sites for hydroxylation is 1. The Morgan fingerprint density at radius 3 is 2.18 bits per heavy atom. The van der Waals surface area contributed by atoms with Crippen molar-refractivity contribution in [2.75, 3.05) is 0 Å². The molecule has 3 aromatic rings. The summed E-state index contributed by atoms with van der Waals surface area (Å²) in [6.07, 6.45) is 0. The van der Waals surface area contributed by atoms with Gasteiger partial charge in [0.25, 0.3) is 0 Å². The fraction of sp³-hybridized carbons (Fsp3) is 0.0526. The predicted octanol–water partition coefficient (Wildman–Crippen LogP) is 3.63. The van der Waals surface area contributed by atoms with Crippen LogP contribution in [0, 0.1) is 6.92 Å². The molecule has 0 aromatic heterocycles. The zero-order valence-corrected chi connectivity index (χ0v) is 11.9. The Morgan fingerprint density at radius 2 is 1.45 bits per heavy atom. The summed E-state index contributed by atoms with van der Waals surface area (Å²) in [6.45, 7) is 1.92. The molecule has 4 rings (SSSR count). The molecule has 22 heavy (non-hydrogen) atoms. The minimum Gasteiger partial charge on any atom is -0.507 e. The van der Waals surface area contributed by atoms with Gasteiger partial charge in [-0.3, -0.25) is 9.59 Å². The molecule has 0 unspecified atom stereocenters. The lowest BCUT2D eigenvalue weighted by atomic mass is 9.81. The van der Waals surface area contributed by atoms with Gasteiger partial charge in [0.1, 0.15) is 5.75 Å². The van der Waals surface area contributed by atoms with Gasteiger partial charge >= 0.3 is 0 Å². The summed E-state index contributed by atoms with van der Waals surface area (Å²) in [5, 5.41) is 11.5. The maximum atomic E-state index is 12.8. The molecule has 0 saturated carbocycles. The molecule has 0 bridgehead atoms. The van der Waals surface area contributed by atoms with Crippen LogP contribution in [0.25, 0.3) is 10.8 Å². The molecule has 0 heterocycles. The van der Waals surface area contributed by atoms with Gasteiger partial charge in [0.2, 0.25) is 0 Å². The molecule has 3 heteroatoms. The van der Waals surface area contributed by atoms with Crippen molar-refractivity contribution in [3.8, 4) is 5.75 Å². The second kappa shape index (κ2) is 4.28. The van der Waals surface area contributed by atoms with E-state index in [1.807, 2.05) is 19.1 Å².